The molecule has 0 aliphatic heterocycles. The van der Waals surface area contributed by atoms with Crippen LogP contribution in [0.2, 0.25) is 0 Å². The molecule has 0 unspecified atom stereocenters. The topological polar surface area (TPSA) is 0 Å². The molecule has 6 heavy (non-hydrogen) atoms. The predicted octanol–water partition coefficient (Wildman–Crippen LogP) is -1.46. The van der Waals surface area contributed by atoms with Gasteiger partial charge in [0.25, 0.3) is 0 Å². The Morgan fingerprint density at radius 2 is 1.00 bits per heavy atom. The molecule has 0 bridgehead atoms. The van der Waals surface area contributed by atoms with Crippen molar-refractivity contribution in [3.63, 3.8) is 0 Å². The van der Waals surface area contributed by atoms with Gasteiger partial charge in [0.15, 0.2) is 0 Å². The minimum Gasteiger partial charge on any atom is -0.0149 e. The van der Waals surface area contributed by atoms with Crippen molar-refractivity contribution in [1.29, 1.82) is 0 Å². The van der Waals surface area contributed by atoms with Gasteiger partial charge in [-0.3, -0.25) is 0 Å². The average Bonchev–Trinajstić information content (AvgIpc) is 0. The SMILES string of the molecule is [Co].[Cr].[Fe].[Mn].[Ni].[SiH4]. The molecular weight excluding hydrogens is 308 g/mol. The molecule has 0 nitrogen and oxygen atoms in total. The van der Waals surface area contributed by atoms with Crippen LogP contribution in [-0.2, 0) is 84.8 Å². The summed E-state index contributed by atoms with van der Waals surface area (Å²) in [6, 6.07) is 0. The van der Waals surface area contributed by atoms with Crippen molar-refractivity contribution in [3.05, 3.63) is 0 Å². The quantitative estimate of drug-likeness (QED) is 0.480. The van der Waals surface area contributed by atoms with Gasteiger partial charge in [-0.25, -0.2) is 0 Å². The molecule has 0 amide bonds. The van der Waals surface area contributed by atoms with Crippen LogP contribution in [0.25, 0.3) is 0 Å². The zero-order valence-electron chi connectivity index (χ0n) is 1.79. The molecule has 0 aliphatic rings. The first-order valence-corrected chi connectivity index (χ1v) is 0. The van der Waals surface area contributed by atoms with Crippen molar-refractivity contribution in [2.24, 2.45) is 0 Å². The number of rotatable bonds is 0. The van der Waals surface area contributed by atoms with Crippen molar-refractivity contribution >= 4 is 11.0 Å². The maximum absolute atomic E-state index is 0. The van der Waals surface area contributed by atoms with E-state index in [4.69, 9.17) is 0 Å². The smallest absolute Gasteiger partial charge is 0 e. The molecule has 2 radical (unpaired) electrons. The van der Waals surface area contributed by atoms with Crippen LogP contribution in [-0.4, -0.2) is 11.0 Å². The van der Waals surface area contributed by atoms with Crippen LogP contribution >= 0.6 is 0 Å². The van der Waals surface area contributed by atoms with Gasteiger partial charge in [0.2, 0.25) is 0 Å². The van der Waals surface area contributed by atoms with E-state index in [0.29, 0.717) is 0 Å². The molecule has 0 saturated carbocycles. The first-order chi connectivity index (χ1) is 0. The molecule has 0 aromatic heterocycles. The van der Waals surface area contributed by atoms with Crippen molar-refractivity contribution in [3.8, 4) is 0 Å². The molecule has 0 spiro atoms. The van der Waals surface area contributed by atoms with E-state index in [9.17, 15) is 0 Å². The van der Waals surface area contributed by atoms with Gasteiger partial charge < -0.3 is 0 Å². The second-order valence-corrected chi connectivity index (χ2v) is 0. The summed E-state index contributed by atoms with van der Waals surface area (Å²) in [5.41, 5.74) is 0. The minimum absolute atomic E-state index is 0. The van der Waals surface area contributed by atoms with Crippen LogP contribution in [0, 0.1) is 0 Å². The zero-order chi connectivity index (χ0) is 0. The largest absolute Gasteiger partial charge is 0.0149 e. The fraction of sp³-hybridized carbons (Fsp3) is 0. The summed E-state index contributed by atoms with van der Waals surface area (Å²) >= 11 is 0. The van der Waals surface area contributed by atoms with Crippen LogP contribution in [0.3, 0.4) is 0 Å². The third-order valence-corrected chi connectivity index (χ3v) is 0. The molecule has 0 rings (SSSR count). The average molecular weight is 313 g/mol. The zero-order valence-corrected chi connectivity index (χ0v) is 7.38. The Bertz CT molecular complexity index is 15.5. The second-order valence-electron chi connectivity index (χ2n) is 0. The summed E-state index contributed by atoms with van der Waals surface area (Å²) in [5.74, 6) is 0. The molecular formula is H4CoCrFeMnNiSi. The Balaban J connectivity index is 0. The van der Waals surface area contributed by atoms with Crippen molar-refractivity contribution in [1.82, 2.24) is 0 Å². The fourth-order valence-electron chi connectivity index (χ4n) is 0. The summed E-state index contributed by atoms with van der Waals surface area (Å²) in [5, 5.41) is 0. The third-order valence-electron chi connectivity index (χ3n) is 0. The molecule has 0 aliphatic carbocycles. The molecule has 0 aromatic rings. The maximum atomic E-state index is 0. The van der Waals surface area contributed by atoms with E-state index in [-0.39, 0.29) is 95.7 Å². The van der Waals surface area contributed by atoms with E-state index in [1.54, 1.807) is 0 Å². The minimum atomic E-state index is 0. The van der Waals surface area contributed by atoms with Crippen molar-refractivity contribution in [2.45, 2.75) is 0 Å². The van der Waals surface area contributed by atoms with Gasteiger partial charge >= 0.3 is 0 Å². The normalized spacial score (nSPS) is 0. The van der Waals surface area contributed by atoms with E-state index in [1.165, 1.54) is 0 Å². The van der Waals surface area contributed by atoms with E-state index >= 15 is 0 Å². The van der Waals surface area contributed by atoms with Crippen molar-refractivity contribution in [2.75, 3.05) is 0 Å². The van der Waals surface area contributed by atoms with Crippen LogP contribution < -0.4 is 0 Å². The summed E-state index contributed by atoms with van der Waals surface area (Å²) in [4.78, 5) is 0. The van der Waals surface area contributed by atoms with Crippen LogP contribution in [0.4, 0.5) is 0 Å². The Morgan fingerprint density at radius 1 is 1.00 bits per heavy atom. The van der Waals surface area contributed by atoms with Gasteiger partial charge in [-0.15, -0.1) is 0 Å². The molecule has 0 atom stereocenters. The van der Waals surface area contributed by atoms with E-state index in [0.717, 1.165) is 0 Å². The molecule has 0 fully saturated rings. The number of hydrogen-bond donors (Lipinski definition) is 0. The Hall–Kier alpha value is 2.79. The summed E-state index contributed by atoms with van der Waals surface area (Å²) in [7, 11) is 0. The van der Waals surface area contributed by atoms with E-state index < -0.39 is 0 Å². The van der Waals surface area contributed by atoms with Crippen LogP contribution in [0.5, 0.6) is 0 Å². The van der Waals surface area contributed by atoms with Gasteiger partial charge in [-0.05, 0) is 11.0 Å². The molecule has 0 aromatic carbocycles. The summed E-state index contributed by atoms with van der Waals surface area (Å²) in [6.45, 7) is 0. The summed E-state index contributed by atoms with van der Waals surface area (Å²) in [6.07, 6.45) is 0. The Kier molecular flexibility index (Phi) is 528. The van der Waals surface area contributed by atoms with Crippen LogP contribution in [0.15, 0.2) is 0 Å². The molecule has 0 saturated heterocycles. The standard InChI is InChI=1S/Co.Cr.Fe.Mn.Ni.H4Si/h;;;;;1H4. The Morgan fingerprint density at radius 3 is 1.00 bits per heavy atom. The van der Waals surface area contributed by atoms with Crippen LogP contribution in [0.1, 0.15) is 0 Å². The molecule has 0 N–H and O–H groups in total. The van der Waals surface area contributed by atoms with Gasteiger partial charge in [0.1, 0.15) is 0 Å². The van der Waals surface area contributed by atoms with E-state index in [2.05, 4.69) is 0 Å². The molecule has 6 heteroatoms. The monoisotopic (exact) mass is 312 g/mol. The predicted molar refractivity (Wildman–Crippen MR) is 11.3 cm³/mol. The van der Waals surface area contributed by atoms with Gasteiger partial charge in [0, 0.05) is 84.8 Å². The van der Waals surface area contributed by atoms with E-state index in [1.807, 2.05) is 0 Å². The fourth-order valence-corrected chi connectivity index (χ4v) is 0. The van der Waals surface area contributed by atoms with Gasteiger partial charge in [0.05, 0.1) is 0 Å². The third kappa shape index (κ3) is 29.3. The first kappa shape index (κ1) is 68.6. The Labute approximate surface area is 94.6 Å². The number of hydrogen-bond acceptors (Lipinski definition) is 0. The van der Waals surface area contributed by atoms with Gasteiger partial charge in [-0.2, -0.15) is 0 Å². The van der Waals surface area contributed by atoms with Gasteiger partial charge in [-0.1, -0.05) is 0 Å². The molecule has 0 heterocycles. The first-order valence-electron chi connectivity index (χ1n) is 0. The maximum Gasteiger partial charge on any atom is 0 e. The summed E-state index contributed by atoms with van der Waals surface area (Å²) < 4.78 is 0. The molecule has 48 valence electrons. The van der Waals surface area contributed by atoms with Crippen molar-refractivity contribution < 1.29 is 84.8 Å². The second kappa shape index (κ2) is 46.2.